The molecule has 0 aliphatic heterocycles. The molecule has 5 aromatic carbocycles. The SMILES string of the molecule is Cc1ccc(C#Cc2cc3c(ccc4c5cc6ccccc6cc5ccc34)s2)cc1. The number of rotatable bonds is 0. The van der Waals surface area contributed by atoms with Crippen LogP contribution in [0.1, 0.15) is 16.0 Å². The van der Waals surface area contributed by atoms with Gasteiger partial charge in [0, 0.05) is 15.6 Å². The van der Waals surface area contributed by atoms with Crippen LogP contribution in [0.5, 0.6) is 0 Å². The minimum Gasteiger partial charge on any atom is -0.127 e. The first-order chi connectivity index (χ1) is 14.7. The van der Waals surface area contributed by atoms with E-state index in [9.17, 15) is 0 Å². The quantitative estimate of drug-likeness (QED) is 0.138. The first-order valence-electron chi connectivity index (χ1n) is 10.1. The lowest BCUT2D eigenvalue weighted by Crippen LogP contribution is -1.80. The first-order valence-corrected chi connectivity index (χ1v) is 10.9. The van der Waals surface area contributed by atoms with Crippen LogP contribution in [0, 0.1) is 18.8 Å². The average molecular weight is 399 g/mol. The Bertz CT molecular complexity index is 1640. The average Bonchev–Trinajstić information content (AvgIpc) is 3.20. The summed E-state index contributed by atoms with van der Waals surface area (Å²) in [5.74, 6) is 6.67. The molecule has 0 bridgehead atoms. The van der Waals surface area contributed by atoms with Crippen molar-refractivity contribution in [1.29, 1.82) is 0 Å². The van der Waals surface area contributed by atoms with E-state index in [1.807, 2.05) is 0 Å². The summed E-state index contributed by atoms with van der Waals surface area (Å²) in [5.41, 5.74) is 2.31. The summed E-state index contributed by atoms with van der Waals surface area (Å²) in [5, 5.41) is 9.07. The van der Waals surface area contributed by atoms with Crippen molar-refractivity contribution in [3.63, 3.8) is 0 Å². The van der Waals surface area contributed by atoms with Crippen LogP contribution in [0.4, 0.5) is 0 Å². The number of hydrogen-bond donors (Lipinski definition) is 0. The Morgan fingerprint density at radius 3 is 2.13 bits per heavy atom. The van der Waals surface area contributed by atoms with Gasteiger partial charge in [0.2, 0.25) is 0 Å². The van der Waals surface area contributed by atoms with Crippen LogP contribution in [0.15, 0.2) is 91.0 Å². The lowest BCUT2D eigenvalue weighted by atomic mass is 9.97. The van der Waals surface area contributed by atoms with Gasteiger partial charge in [-0.15, -0.1) is 11.3 Å². The molecular weight excluding hydrogens is 380 g/mol. The molecule has 0 aliphatic carbocycles. The van der Waals surface area contributed by atoms with E-state index in [4.69, 9.17) is 0 Å². The Kier molecular flexibility index (Phi) is 3.88. The fourth-order valence-electron chi connectivity index (χ4n) is 4.18. The zero-order chi connectivity index (χ0) is 20.1. The number of hydrogen-bond acceptors (Lipinski definition) is 1. The third-order valence-electron chi connectivity index (χ3n) is 5.76. The Morgan fingerprint density at radius 2 is 1.30 bits per heavy atom. The summed E-state index contributed by atoms with van der Waals surface area (Å²) in [7, 11) is 0. The highest BCUT2D eigenvalue weighted by Crippen LogP contribution is 2.36. The Balaban J connectivity index is 1.53. The van der Waals surface area contributed by atoms with Gasteiger partial charge in [-0.2, -0.15) is 0 Å². The molecule has 0 saturated heterocycles. The molecule has 0 amide bonds. The highest BCUT2D eigenvalue weighted by Gasteiger charge is 2.08. The van der Waals surface area contributed by atoms with E-state index in [2.05, 4.69) is 110 Å². The van der Waals surface area contributed by atoms with E-state index in [-0.39, 0.29) is 0 Å². The summed E-state index contributed by atoms with van der Waals surface area (Å²) in [6.45, 7) is 2.10. The molecule has 140 valence electrons. The topological polar surface area (TPSA) is 0 Å². The number of benzene rings is 5. The lowest BCUT2D eigenvalue weighted by Gasteiger charge is -2.07. The molecule has 1 heterocycles. The minimum absolute atomic E-state index is 1.06. The van der Waals surface area contributed by atoms with Crippen molar-refractivity contribution in [2.45, 2.75) is 6.92 Å². The van der Waals surface area contributed by atoms with Gasteiger partial charge in [0.05, 0.1) is 4.88 Å². The second-order valence-corrected chi connectivity index (χ2v) is 8.87. The second kappa shape index (κ2) is 6.73. The third kappa shape index (κ3) is 2.86. The number of thiophene rings is 1. The van der Waals surface area contributed by atoms with Crippen molar-refractivity contribution < 1.29 is 0 Å². The molecular formula is C29H18S. The van der Waals surface area contributed by atoms with Gasteiger partial charge in [-0.05, 0) is 75.6 Å². The summed E-state index contributed by atoms with van der Waals surface area (Å²) < 4.78 is 1.29. The van der Waals surface area contributed by atoms with Gasteiger partial charge in [0.25, 0.3) is 0 Å². The molecule has 0 radical (unpaired) electrons. The smallest absolute Gasteiger partial charge is 0.0785 e. The van der Waals surface area contributed by atoms with Gasteiger partial charge in [-0.3, -0.25) is 0 Å². The summed E-state index contributed by atoms with van der Waals surface area (Å²) in [6, 6.07) is 32.8. The van der Waals surface area contributed by atoms with Gasteiger partial charge in [0.1, 0.15) is 0 Å². The molecule has 0 N–H and O–H groups in total. The zero-order valence-corrected chi connectivity index (χ0v) is 17.4. The minimum atomic E-state index is 1.06. The van der Waals surface area contributed by atoms with Crippen LogP contribution >= 0.6 is 11.3 Å². The molecule has 0 nitrogen and oxygen atoms in total. The maximum Gasteiger partial charge on any atom is 0.0785 e. The Hall–Kier alpha value is -3.60. The molecule has 1 heteroatoms. The largest absolute Gasteiger partial charge is 0.127 e. The van der Waals surface area contributed by atoms with E-state index in [1.165, 1.54) is 48.0 Å². The van der Waals surface area contributed by atoms with Crippen molar-refractivity contribution >= 4 is 53.7 Å². The molecule has 0 spiro atoms. The predicted octanol–water partition coefficient (Wildman–Crippen LogP) is 8.07. The van der Waals surface area contributed by atoms with Gasteiger partial charge < -0.3 is 0 Å². The van der Waals surface area contributed by atoms with Gasteiger partial charge >= 0.3 is 0 Å². The number of aryl methyl sites for hydroxylation is 1. The highest BCUT2D eigenvalue weighted by molar-refractivity contribution is 7.19. The lowest BCUT2D eigenvalue weighted by molar-refractivity contribution is 1.46. The van der Waals surface area contributed by atoms with E-state index in [0.29, 0.717) is 0 Å². The molecule has 0 atom stereocenters. The fraction of sp³-hybridized carbons (Fsp3) is 0.0345. The molecule has 1 aromatic heterocycles. The third-order valence-corrected chi connectivity index (χ3v) is 6.78. The van der Waals surface area contributed by atoms with Crippen LogP contribution in [0.25, 0.3) is 42.4 Å². The van der Waals surface area contributed by atoms with Gasteiger partial charge in [0.15, 0.2) is 0 Å². The van der Waals surface area contributed by atoms with E-state index >= 15 is 0 Å². The van der Waals surface area contributed by atoms with Gasteiger partial charge in [-0.25, -0.2) is 0 Å². The molecule has 30 heavy (non-hydrogen) atoms. The molecule has 0 saturated carbocycles. The monoisotopic (exact) mass is 398 g/mol. The molecule has 6 rings (SSSR count). The molecule has 0 unspecified atom stereocenters. The van der Waals surface area contributed by atoms with Crippen LogP contribution < -0.4 is 0 Å². The van der Waals surface area contributed by atoms with Crippen LogP contribution in [0.2, 0.25) is 0 Å². The molecule has 6 aromatic rings. The van der Waals surface area contributed by atoms with Crippen molar-refractivity contribution in [2.75, 3.05) is 0 Å². The van der Waals surface area contributed by atoms with Gasteiger partial charge in [-0.1, -0.05) is 72.0 Å². The second-order valence-electron chi connectivity index (χ2n) is 7.79. The number of fused-ring (bicyclic) bond motifs is 6. The maximum absolute atomic E-state index is 3.36. The summed E-state index contributed by atoms with van der Waals surface area (Å²) in [6.07, 6.45) is 0. The Labute approximate surface area is 179 Å². The standard InChI is InChI=1S/C29H18S/c1-19-6-8-20(9-7-19)10-12-24-18-28-26-13-11-23-16-21-4-2-3-5-22(21)17-27(23)25(26)14-15-29(28)30-24/h2-9,11,13-18H,1H3. The van der Waals surface area contributed by atoms with E-state index in [0.717, 1.165) is 10.4 Å². The normalized spacial score (nSPS) is 11.2. The van der Waals surface area contributed by atoms with Crippen LogP contribution in [-0.4, -0.2) is 0 Å². The fourth-order valence-corrected chi connectivity index (χ4v) is 5.11. The Morgan fingerprint density at radius 1 is 0.567 bits per heavy atom. The molecule has 0 aliphatic rings. The van der Waals surface area contributed by atoms with Crippen molar-refractivity contribution in [1.82, 2.24) is 0 Å². The summed E-state index contributed by atoms with van der Waals surface area (Å²) in [4.78, 5) is 1.11. The molecule has 0 fully saturated rings. The zero-order valence-electron chi connectivity index (χ0n) is 16.6. The summed E-state index contributed by atoms with van der Waals surface area (Å²) >= 11 is 1.77. The van der Waals surface area contributed by atoms with Crippen molar-refractivity contribution in [3.05, 3.63) is 107 Å². The van der Waals surface area contributed by atoms with Crippen molar-refractivity contribution in [2.24, 2.45) is 0 Å². The maximum atomic E-state index is 3.36. The van der Waals surface area contributed by atoms with E-state index in [1.54, 1.807) is 11.3 Å². The van der Waals surface area contributed by atoms with Crippen LogP contribution in [0.3, 0.4) is 0 Å². The predicted molar refractivity (Wildman–Crippen MR) is 132 cm³/mol. The highest BCUT2D eigenvalue weighted by atomic mass is 32.1. The first kappa shape index (κ1) is 17.3. The van der Waals surface area contributed by atoms with Crippen molar-refractivity contribution in [3.8, 4) is 11.8 Å². The van der Waals surface area contributed by atoms with E-state index < -0.39 is 0 Å². The van der Waals surface area contributed by atoms with Crippen LogP contribution in [-0.2, 0) is 0 Å².